The van der Waals surface area contributed by atoms with E-state index in [4.69, 9.17) is 9.84 Å². The fourth-order valence-corrected chi connectivity index (χ4v) is 1.92. The monoisotopic (exact) mass is 244 g/mol. The fourth-order valence-electron chi connectivity index (χ4n) is 1.92. The van der Waals surface area contributed by atoms with Gasteiger partial charge in [0.1, 0.15) is 6.61 Å². The van der Waals surface area contributed by atoms with Gasteiger partial charge in [0.25, 0.3) is 0 Å². The highest BCUT2D eigenvalue weighted by atomic mass is 16.5. The standard InChI is InChI=1S/C14H28O3/c1-3-5-7-8-10-13(9-6-4-2)12-17-14(16)11-15/h13,15H,3-12H2,1-2H3. The van der Waals surface area contributed by atoms with Gasteiger partial charge in [-0.1, -0.05) is 52.4 Å². The Hall–Kier alpha value is -0.570. The lowest BCUT2D eigenvalue weighted by molar-refractivity contribution is -0.148. The van der Waals surface area contributed by atoms with Crippen molar-refractivity contribution in [2.24, 2.45) is 5.92 Å². The van der Waals surface area contributed by atoms with E-state index in [1.807, 2.05) is 0 Å². The molecule has 3 heteroatoms. The molecule has 0 aliphatic rings. The highest BCUT2D eigenvalue weighted by Gasteiger charge is 2.11. The minimum Gasteiger partial charge on any atom is -0.464 e. The third-order valence-corrected chi connectivity index (χ3v) is 3.04. The van der Waals surface area contributed by atoms with E-state index >= 15 is 0 Å². The average molecular weight is 244 g/mol. The lowest BCUT2D eigenvalue weighted by Crippen LogP contribution is -2.16. The number of ether oxygens (including phenoxy) is 1. The van der Waals surface area contributed by atoms with Gasteiger partial charge < -0.3 is 9.84 Å². The van der Waals surface area contributed by atoms with Gasteiger partial charge in [-0.25, -0.2) is 4.79 Å². The van der Waals surface area contributed by atoms with Crippen molar-refractivity contribution in [2.75, 3.05) is 13.2 Å². The third kappa shape index (κ3) is 10.3. The van der Waals surface area contributed by atoms with Crippen LogP contribution < -0.4 is 0 Å². The Kier molecular flexibility index (Phi) is 11.5. The van der Waals surface area contributed by atoms with Crippen molar-refractivity contribution in [3.05, 3.63) is 0 Å². The van der Waals surface area contributed by atoms with Gasteiger partial charge in [-0.2, -0.15) is 0 Å². The number of hydrogen-bond acceptors (Lipinski definition) is 3. The van der Waals surface area contributed by atoms with E-state index in [0.717, 1.165) is 12.8 Å². The molecule has 0 saturated carbocycles. The summed E-state index contributed by atoms with van der Waals surface area (Å²) in [6.45, 7) is 4.35. The van der Waals surface area contributed by atoms with Crippen LogP contribution >= 0.6 is 0 Å². The maximum Gasteiger partial charge on any atom is 0.331 e. The molecule has 0 saturated heterocycles. The van der Waals surface area contributed by atoms with Gasteiger partial charge in [-0.3, -0.25) is 0 Å². The summed E-state index contributed by atoms with van der Waals surface area (Å²) >= 11 is 0. The Bertz CT molecular complexity index is 180. The maximum atomic E-state index is 10.9. The molecule has 0 aromatic carbocycles. The second kappa shape index (κ2) is 11.9. The number of aliphatic hydroxyl groups excluding tert-OH is 1. The summed E-state index contributed by atoms with van der Waals surface area (Å²) in [7, 11) is 0. The summed E-state index contributed by atoms with van der Waals surface area (Å²) in [6.07, 6.45) is 9.66. The molecule has 0 aromatic heterocycles. The van der Waals surface area contributed by atoms with Crippen molar-refractivity contribution in [1.29, 1.82) is 0 Å². The predicted octanol–water partition coefficient (Wildman–Crippen LogP) is 3.30. The first-order chi connectivity index (χ1) is 8.24. The molecular formula is C14H28O3. The van der Waals surface area contributed by atoms with E-state index < -0.39 is 12.6 Å². The van der Waals surface area contributed by atoms with Crippen LogP contribution in [0.1, 0.15) is 65.2 Å². The number of rotatable bonds is 11. The van der Waals surface area contributed by atoms with Crippen LogP contribution in [0.15, 0.2) is 0 Å². The zero-order valence-electron chi connectivity index (χ0n) is 11.4. The number of esters is 1. The van der Waals surface area contributed by atoms with Crippen LogP contribution in [-0.2, 0) is 9.53 Å². The molecule has 1 N–H and O–H groups in total. The molecule has 3 nitrogen and oxygen atoms in total. The van der Waals surface area contributed by atoms with Crippen molar-refractivity contribution < 1.29 is 14.6 Å². The lowest BCUT2D eigenvalue weighted by Gasteiger charge is -2.16. The molecule has 0 fully saturated rings. The van der Waals surface area contributed by atoms with Gasteiger partial charge in [0.2, 0.25) is 0 Å². The topological polar surface area (TPSA) is 46.5 Å². The van der Waals surface area contributed by atoms with Gasteiger partial charge in [0, 0.05) is 0 Å². The number of aliphatic hydroxyl groups is 1. The molecule has 0 aliphatic carbocycles. The molecule has 102 valence electrons. The van der Waals surface area contributed by atoms with E-state index in [2.05, 4.69) is 13.8 Å². The molecule has 17 heavy (non-hydrogen) atoms. The van der Waals surface area contributed by atoms with E-state index in [9.17, 15) is 4.79 Å². The quantitative estimate of drug-likeness (QED) is 0.448. The fraction of sp³-hybridized carbons (Fsp3) is 0.929. The molecule has 0 aliphatic heterocycles. The highest BCUT2D eigenvalue weighted by Crippen LogP contribution is 2.17. The van der Waals surface area contributed by atoms with Crippen molar-refractivity contribution in [3.8, 4) is 0 Å². The minimum atomic E-state index is -0.504. The molecule has 0 aromatic rings. The van der Waals surface area contributed by atoms with Gasteiger partial charge in [0.05, 0.1) is 6.61 Å². The minimum absolute atomic E-state index is 0.474. The number of unbranched alkanes of at least 4 members (excludes halogenated alkanes) is 4. The lowest BCUT2D eigenvalue weighted by atomic mass is 9.96. The summed E-state index contributed by atoms with van der Waals surface area (Å²) in [5.74, 6) is -0.0256. The van der Waals surface area contributed by atoms with Gasteiger partial charge in [-0.05, 0) is 18.8 Å². The highest BCUT2D eigenvalue weighted by molar-refractivity contribution is 5.70. The van der Waals surface area contributed by atoms with Gasteiger partial charge in [0.15, 0.2) is 0 Å². The molecule has 0 amide bonds. The third-order valence-electron chi connectivity index (χ3n) is 3.04. The van der Waals surface area contributed by atoms with Gasteiger partial charge >= 0.3 is 5.97 Å². The largest absolute Gasteiger partial charge is 0.464 e. The first-order valence-corrected chi connectivity index (χ1v) is 7.01. The second-order valence-corrected chi connectivity index (χ2v) is 4.70. The van der Waals surface area contributed by atoms with E-state index in [0.29, 0.717) is 12.5 Å². The van der Waals surface area contributed by atoms with Crippen molar-refractivity contribution in [1.82, 2.24) is 0 Å². The van der Waals surface area contributed by atoms with Crippen molar-refractivity contribution in [3.63, 3.8) is 0 Å². The SMILES string of the molecule is CCCCCCC(CCCC)COC(=O)CO. The smallest absolute Gasteiger partial charge is 0.331 e. The van der Waals surface area contributed by atoms with Gasteiger partial charge in [-0.15, -0.1) is 0 Å². The molecule has 1 atom stereocenters. The Morgan fingerprint density at radius 3 is 2.29 bits per heavy atom. The first-order valence-electron chi connectivity index (χ1n) is 7.01. The number of hydrogen-bond donors (Lipinski definition) is 1. The summed E-state index contributed by atoms with van der Waals surface area (Å²) in [5.41, 5.74) is 0. The van der Waals surface area contributed by atoms with E-state index in [1.165, 1.54) is 38.5 Å². The van der Waals surface area contributed by atoms with Crippen LogP contribution in [0, 0.1) is 5.92 Å². The molecule has 0 spiro atoms. The number of carbonyl (C=O) groups excluding carboxylic acids is 1. The van der Waals surface area contributed by atoms with Crippen molar-refractivity contribution in [2.45, 2.75) is 65.2 Å². The molecule has 0 radical (unpaired) electrons. The maximum absolute atomic E-state index is 10.9. The molecule has 0 bridgehead atoms. The Labute approximate surface area is 106 Å². The number of carbonyl (C=O) groups is 1. The average Bonchev–Trinajstić information content (AvgIpc) is 2.36. The summed E-state index contributed by atoms with van der Waals surface area (Å²) in [6, 6.07) is 0. The van der Waals surface area contributed by atoms with Crippen LogP contribution in [0.5, 0.6) is 0 Å². The second-order valence-electron chi connectivity index (χ2n) is 4.70. The van der Waals surface area contributed by atoms with Crippen LogP contribution in [0.3, 0.4) is 0 Å². The van der Waals surface area contributed by atoms with Crippen molar-refractivity contribution >= 4 is 5.97 Å². The Morgan fingerprint density at radius 2 is 1.71 bits per heavy atom. The predicted molar refractivity (Wildman–Crippen MR) is 69.8 cm³/mol. The van der Waals surface area contributed by atoms with Crippen LogP contribution in [-0.4, -0.2) is 24.3 Å². The van der Waals surface area contributed by atoms with E-state index in [-0.39, 0.29) is 0 Å². The summed E-state index contributed by atoms with van der Waals surface area (Å²) < 4.78 is 5.02. The molecule has 0 rings (SSSR count). The normalized spacial score (nSPS) is 12.4. The van der Waals surface area contributed by atoms with Crippen LogP contribution in [0.25, 0.3) is 0 Å². The summed E-state index contributed by atoms with van der Waals surface area (Å²) in [4.78, 5) is 10.9. The summed E-state index contributed by atoms with van der Waals surface area (Å²) in [5, 5.41) is 8.60. The molecular weight excluding hydrogens is 216 g/mol. The van der Waals surface area contributed by atoms with Crippen LogP contribution in [0.2, 0.25) is 0 Å². The van der Waals surface area contributed by atoms with E-state index in [1.54, 1.807) is 0 Å². The zero-order valence-corrected chi connectivity index (χ0v) is 11.4. The molecule has 0 heterocycles. The zero-order chi connectivity index (χ0) is 12.9. The first kappa shape index (κ1) is 16.4. The Balaban J connectivity index is 3.74. The van der Waals surface area contributed by atoms with Crippen LogP contribution in [0.4, 0.5) is 0 Å². The Morgan fingerprint density at radius 1 is 1.06 bits per heavy atom. The molecule has 1 unspecified atom stereocenters.